The predicted octanol–water partition coefficient (Wildman–Crippen LogP) is 3.96. The molecule has 1 aliphatic carbocycles. The fraction of sp³-hybridized carbons (Fsp3) is 0.222. The average Bonchev–Trinajstić information content (AvgIpc) is 3.67. The molecule has 0 aliphatic heterocycles. The van der Waals surface area contributed by atoms with E-state index in [4.69, 9.17) is 19.2 Å². The van der Waals surface area contributed by atoms with Gasteiger partial charge in [-0.15, -0.1) is 0 Å². The molecule has 39 heavy (non-hydrogen) atoms. The summed E-state index contributed by atoms with van der Waals surface area (Å²) < 4.78 is 52.5. The molecule has 1 amide bonds. The summed E-state index contributed by atoms with van der Waals surface area (Å²) in [5.41, 5.74) is 2.59. The van der Waals surface area contributed by atoms with Crippen LogP contribution in [0.2, 0.25) is 0 Å². The lowest BCUT2D eigenvalue weighted by molar-refractivity contribution is 0.0964. The summed E-state index contributed by atoms with van der Waals surface area (Å²) in [5, 5.41) is 21.2. The van der Waals surface area contributed by atoms with E-state index in [0.717, 1.165) is 24.7 Å². The number of halogens is 1. The minimum absolute atomic E-state index is 0.101. The number of hydrogen-bond acceptors (Lipinski definition) is 7. The van der Waals surface area contributed by atoms with E-state index in [9.17, 15) is 17.6 Å². The summed E-state index contributed by atoms with van der Waals surface area (Å²) in [6, 6.07) is 15.2. The highest BCUT2D eigenvalue weighted by molar-refractivity contribution is 7.92. The fourth-order valence-corrected chi connectivity index (χ4v) is 5.58. The molecule has 0 radical (unpaired) electrons. The van der Waals surface area contributed by atoms with Crippen molar-refractivity contribution in [3.8, 4) is 17.1 Å². The van der Waals surface area contributed by atoms with Gasteiger partial charge in [0.2, 0.25) is 10.0 Å². The van der Waals surface area contributed by atoms with Crippen molar-refractivity contribution < 1.29 is 36.8 Å². The number of sulfonamides is 1. The van der Waals surface area contributed by atoms with Crippen molar-refractivity contribution in [2.45, 2.75) is 18.8 Å². The van der Waals surface area contributed by atoms with Gasteiger partial charge in [-0.05, 0) is 78.9 Å². The molecule has 9 nitrogen and oxygen atoms in total. The number of nitrogens with one attached hydrogen (secondary N) is 1. The van der Waals surface area contributed by atoms with Crippen LogP contribution in [-0.4, -0.2) is 51.3 Å². The van der Waals surface area contributed by atoms with Crippen LogP contribution in [0.3, 0.4) is 0 Å². The zero-order valence-corrected chi connectivity index (χ0v) is 22.0. The lowest BCUT2D eigenvalue weighted by Gasteiger charge is -2.25. The van der Waals surface area contributed by atoms with E-state index in [1.54, 1.807) is 18.2 Å². The summed E-state index contributed by atoms with van der Waals surface area (Å²) in [6.07, 6.45) is 2.83. The molecule has 12 heteroatoms. The molecule has 1 aliphatic rings. The van der Waals surface area contributed by atoms with Crippen LogP contribution >= 0.6 is 0 Å². The molecule has 1 saturated carbocycles. The van der Waals surface area contributed by atoms with Gasteiger partial charge in [0.1, 0.15) is 29.4 Å². The Kier molecular flexibility index (Phi) is 7.10. The molecule has 202 valence electrons. The summed E-state index contributed by atoms with van der Waals surface area (Å²) in [7, 11) is -3.97. The normalized spacial score (nSPS) is 13.4. The molecule has 3 aromatic carbocycles. The SMILES string of the molecule is CNC(=O)c1c(-c2ccc(F)cc2)oc2cc(N(c3ccc(OCB(O)O)cc3)S(C)(=O)=O)c(C3CC3)cc12. The first-order valence-corrected chi connectivity index (χ1v) is 14.1. The summed E-state index contributed by atoms with van der Waals surface area (Å²) >= 11 is 0. The minimum atomic E-state index is -3.84. The molecule has 1 aromatic heterocycles. The Morgan fingerprint density at radius 3 is 2.36 bits per heavy atom. The van der Waals surface area contributed by atoms with Crippen LogP contribution in [-0.2, 0) is 10.0 Å². The van der Waals surface area contributed by atoms with Gasteiger partial charge in [-0.1, -0.05) is 0 Å². The molecular formula is C27H26BFN2O7S. The highest BCUT2D eigenvalue weighted by Crippen LogP contribution is 2.49. The van der Waals surface area contributed by atoms with E-state index in [2.05, 4.69) is 5.32 Å². The Hall–Kier alpha value is -3.87. The highest BCUT2D eigenvalue weighted by atomic mass is 32.2. The molecule has 4 aromatic rings. The van der Waals surface area contributed by atoms with Crippen molar-refractivity contribution in [3.05, 3.63) is 77.6 Å². The first-order valence-electron chi connectivity index (χ1n) is 12.2. The predicted molar refractivity (Wildman–Crippen MR) is 146 cm³/mol. The van der Waals surface area contributed by atoms with Crippen LogP contribution in [0, 0.1) is 5.82 Å². The Balaban J connectivity index is 1.68. The fourth-order valence-electron chi connectivity index (χ4n) is 4.56. The maximum atomic E-state index is 13.6. The van der Waals surface area contributed by atoms with Crippen LogP contribution in [0.25, 0.3) is 22.3 Å². The number of fused-ring (bicyclic) bond motifs is 1. The van der Waals surface area contributed by atoms with E-state index in [-0.39, 0.29) is 29.7 Å². The van der Waals surface area contributed by atoms with E-state index < -0.39 is 23.0 Å². The molecule has 0 bridgehead atoms. The van der Waals surface area contributed by atoms with E-state index in [0.29, 0.717) is 33.7 Å². The van der Waals surface area contributed by atoms with Gasteiger partial charge in [0.15, 0.2) is 0 Å². The second-order valence-corrected chi connectivity index (χ2v) is 11.2. The maximum Gasteiger partial charge on any atom is 0.491 e. The molecule has 5 rings (SSSR count). The lowest BCUT2D eigenvalue weighted by Crippen LogP contribution is -2.26. The molecule has 0 atom stereocenters. The maximum absolute atomic E-state index is 13.6. The Bertz CT molecular complexity index is 1630. The third-order valence-corrected chi connectivity index (χ3v) is 7.51. The van der Waals surface area contributed by atoms with Crippen LogP contribution < -0.4 is 14.4 Å². The smallest absolute Gasteiger partial charge is 0.491 e. The quantitative estimate of drug-likeness (QED) is 0.268. The summed E-state index contributed by atoms with van der Waals surface area (Å²) in [6.45, 7) is -0.333. The number of benzene rings is 3. The minimum Gasteiger partial charge on any atom is -0.496 e. The molecule has 0 spiro atoms. The van der Waals surface area contributed by atoms with Crippen LogP contribution in [0.4, 0.5) is 15.8 Å². The van der Waals surface area contributed by atoms with Gasteiger partial charge in [0, 0.05) is 24.1 Å². The van der Waals surface area contributed by atoms with E-state index in [1.165, 1.54) is 47.8 Å². The van der Waals surface area contributed by atoms with Gasteiger partial charge in [-0.3, -0.25) is 4.79 Å². The molecule has 1 fully saturated rings. The van der Waals surface area contributed by atoms with Crippen LogP contribution in [0.15, 0.2) is 65.1 Å². The lowest BCUT2D eigenvalue weighted by atomic mass is 9.95. The molecule has 0 saturated heterocycles. The van der Waals surface area contributed by atoms with Crippen LogP contribution in [0.5, 0.6) is 5.75 Å². The number of ether oxygens (including phenoxy) is 1. The van der Waals surface area contributed by atoms with Gasteiger partial charge in [-0.2, -0.15) is 0 Å². The number of amides is 1. The van der Waals surface area contributed by atoms with Gasteiger partial charge in [-0.25, -0.2) is 17.1 Å². The standard InChI is InChI=1S/C27H26BFN2O7S/c1-30-27(32)25-22-13-21(16-3-4-16)23(14-24(22)38-26(25)17-5-7-18(29)8-6-17)31(39(2,35)36)19-9-11-20(12-10-19)37-15-28(33)34/h5-14,16,33-34H,3-4,15H2,1-2H3,(H,30,32). The number of carbonyl (C=O) groups excluding carboxylic acids is 1. The van der Waals surface area contributed by atoms with Crippen molar-refractivity contribution in [2.24, 2.45) is 0 Å². The third kappa shape index (κ3) is 5.49. The second kappa shape index (κ2) is 10.4. The van der Waals surface area contributed by atoms with E-state index >= 15 is 0 Å². The first kappa shape index (κ1) is 26.7. The molecule has 1 heterocycles. The number of anilines is 2. The second-order valence-electron chi connectivity index (χ2n) is 9.39. The Morgan fingerprint density at radius 2 is 1.79 bits per heavy atom. The zero-order chi connectivity index (χ0) is 27.9. The first-order chi connectivity index (χ1) is 18.6. The number of hydrogen-bond donors (Lipinski definition) is 3. The molecular weight excluding hydrogens is 526 g/mol. The van der Waals surface area contributed by atoms with Gasteiger partial charge in [0.05, 0.1) is 23.2 Å². The largest absolute Gasteiger partial charge is 0.496 e. The van der Waals surface area contributed by atoms with Crippen molar-refractivity contribution in [3.63, 3.8) is 0 Å². The van der Waals surface area contributed by atoms with Crippen molar-refractivity contribution in [1.82, 2.24) is 5.32 Å². The van der Waals surface area contributed by atoms with Gasteiger partial charge in [0.25, 0.3) is 5.91 Å². The van der Waals surface area contributed by atoms with Gasteiger partial charge >= 0.3 is 7.12 Å². The molecule has 0 unspecified atom stereocenters. The number of furan rings is 1. The highest BCUT2D eigenvalue weighted by Gasteiger charge is 2.33. The Labute approximate surface area is 225 Å². The average molecular weight is 552 g/mol. The zero-order valence-electron chi connectivity index (χ0n) is 21.2. The van der Waals surface area contributed by atoms with Crippen molar-refractivity contribution in [1.29, 1.82) is 0 Å². The van der Waals surface area contributed by atoms with Gasteiger partial charge < -0.3 is 24.5 Å². The summed E-state index contributed by atoms with van der Waals surface area (Å²) in [4.78, 5) is 13.0. The number of rotatable bonds is 9. The monoisotopic (exact) mass is 552 g/mol. The topological polar surface area (TPSA) is 129 Å². The number of carbonyl (C=O) groups is 1. The number of nitrogens with zero attached hydrogens (tertiary/aromatic N) is 1. The van der Waals surface area contributed by atoms with Crippen LogP contribution in [0.1, 0.15) is 34.7 Å². The Morgan fingerprint density at radius 1 is 1.13 bits per heavy atom. The molecule has 3 N–H and O–H groups in total. The van der Waals surface area contributed by atoms with E-state index in [1.807, 2.05) is 6.07 Å². The van der Waals surface area contributed by atoms with Crippen molar-refractivity contribution >= 4 is 45.4 Å². The third-order valence-electron chi connectivity index (χ3n) is 6.44. The van der Waals surface area contributed by atoms with Crippen molar-refractivity contribution in [2.75, 3.05) is 24.1 Å². The summed E-state index contributed by atoms with van der Waals surface area (Å²) in [5.74, 6) is -0.123.